The van der Waals surface area contributed by atoms with Gasteiger partial charge < -0.3 is 19.4 Å². The number of aromatic nitrogens is 1. The number of amides is 1. The summed E-state index contributed by atoms with van der Waals surface area (Å²) in [6.07, 6.45) is 1.57. The van der Waals surface area contributed by atoms with E-state index in [9.17, 15) is 9.59 Å². The maximum atomic E-state index is 12.3. The van der Waals surface area contributed by atoms with Crippen molar-refractivity contribution in [2.24, 2.45) is 0 Å². The van der Waals surface area contributed by atoms with Crippen LogP contribution in [-0.2, 0) is 11.3 Å². The van der Waals surface area contributed by atoms with Crippen molar-refractivity contribution in [1.29, 1.82) is 0 Å². The lowest BCUT2D eigenvalue weighted by Crippen LogP contribution is -2.29. The zero-order chi connectivity index (χ0) is 15.6. The van der Waals surface area contributed by atoms with Crippen molar-refractivity contribution in [2.75, 3.05) is 0 Å². The van der Waals surface area contributed by atoms with Gasteiger partial charge in [-0.05, 0) is 39.0 Å². The Labute approximate surface area is 122 Å². The molecule has 2 rings (SSSR count). The first kappa shape index (κ1) is 14.9. The summed E-state index contributed by atoms with van der Waals surface area (Å²) in [5.41, 5.74) is 1.24. The summed E-state index contributed by atoms with van der Waals surface area (Å²) in [4.78, 5) is 23.0. The molecule has 1 unspecified atom stereocenters. The van der Waals surface area contributed by atoms with E-state index in [1.807, 2.05) is 26.8 Å². The monoisotopic (exact) mass is 290 g/mol. The Morgan fingerprint density at radius 2 is 2.14 bits per heavy atom. The van der Waals surface area contributed by atoms with Crippen molar-refractivity contribution in [2.45, 2.75) is 33.4 Å². The maximum absolute atomic E-state index is 12.3. The van der Waals surface area contributed by atoms with Crippen molar-refractivity contribution < 1.29 is 19.1 Å². The van der Waals surface area contributed by atoms with E-state index in [0.717, 1.165) is 17.1 Å². The zero-order valence-corrected chi connectivity index (χ0v) is 12.2. The lowest BCUT2D eigenvalue weighted by Gasteiger charge is -2.14. The molecule has 6 heteroatoms. The lowest BCUT2D eigenvalue weighted by molar-refractivity contribution is -0.137. The summed E-state index contributed by atoms with van der Waals surface area (Å²) in [6.45, 7) is 5.31. The fourth-order valence-corrected chi connectivity index (χ4v) is 2.33. The highest BCUT2D eigenvalue weighted by atomic mass is 16.4. The molecule has 2 aromatic heterocycles. The smallest absolute Gasteiger partial charge is 0.323 e. The molecule has 0 bridgehead atoms. The molecule has 0 fully saturated rings. The Morgan fingerprint density at radius 1 is 1.43 bits per heavy atom. The lowest BCUT2D eigenvalue weighted by atomic mass is 10.1. The molecular weight excluding hydrogens is 272 g/mol. The van der Waals surface area contributed by atoms with Gasteiger partial charge in [-0.25, -0.2) is 0 Å². The fraction of sp³-hybridized carbons (Fsp3) is 0.333. The molecule has 0 saturated heterocycles. The molecule has 6 nitrogen and oxygen atoms in total. The molecule has 1 atom stereocenters. The number of rotatable bonds is 5. The molecule has 0 aromatic carbocycles. The predicted molar refractivity (Wildman–Crippen MR) is 76.1 cm³/mol. The van der Waals surface area contributed by atoms with Gasteiger partial charge in [-0.3, -0.25) is 9.59 Å². The molecule has 0 aliphatic rings. The number of hydrogen-bond acceptors (Lipinski definition) is 3. The van der Waals surface area contributed by atoms with Crippen LogP contribution in [0.3, 0.4) is 0 Å². The number of aryl methyl sites for hydroxylation is 2. The number of carboxylic acid groups (broad SMARTS) is 1. The van der Waals surface area contributed by atoms with Crippen LogP contribution in [0.15, 0.2) is 28.8 Å². The van der Waals surface area contributed by atoms with E-state index in [4.69, 9.17) is 9.52 Å². The van der Waals surface area contributed by atoms with Gasteiger partial charge in [0.25, 0.3) is 5.91 Å². The Morgan fingerprint density at radius 3 is 2.71 bits per heavy atom. The van der Waals surface area contributed by atoms with Crippen LogP contribution in [0.2, 0.25) is 0 Å². The van der Waals surface area contributed by atoms with Crippen LogP contribution < -0.4 is 5.32 Å². The van der Waals surface area contributed by atoms with E-state index in [1.165, 1.54) is 4.57 Å². The summed E-state index contributed by atoms with van der Waals surface area (Å²) in [5, 5.41) is 11.7. The summed E-state index contributed by atoms with van der Waals surface area (Å²) in [6, 6.07) is 4.91. The van der Waals surface area contributed by atoms with Crippen LogP contribution in [0.25, 0.3) is 0 Å². The third-order valence-corrected chi connectivity index (χ3v) is 3.26. The quantitative estimate of drug-likeness (QED) is 0.884. The number of carboxylic acids is 1. The first-order chi connectivity index (χ1) is 9.88. The van der Waals surface area contributed by atoms with Gasteiger partial charge in [-0.2, -0.15) is 0 Å². The Hall–Kier alpha value is -2.50. The van der Waals surface area contributed by atoms with Crippen molar-refractivity contribution in [3.63, 3.8) is 0 Å². The SMILES string of the molecule is Cc1cc(C(C)NC(=O)c2cccn2CC(=O)O)c(C)o1. The maximum Gasteiger partial charge on any atom is 0.323 e. The summed E-state index contributed by atoms with van der Waals surface area (Å²) < 4.78 is 6.85. The average Bonchev–Trinajstić information content (AvgIpc) is 2.95. The van der Waals surface area contributed by atoms with Gasteiger partial charge in [0, 0.05) is 11.8 Å². The van der Waals surface area contributed by atoms with Crippen LogP contribution in [-0.4, -0.2) is 21.6 Å². The Bertz CT molecular complexity index is 669. The standard InChI is InChI=1S/C15H18N2O4/c1-9-7-12(11(3)21-9)10(2)16-15(20)13-5-4-6-17(13)8-14(18)19/h4-7,10H,8H2,1-3H3,(H,16,20)(H,18,19). The van der Waals surface area contributed by atoms with Gasteiger partial charge in [-0.1, -0.05) is 0 Å². The van der Waals surface area contributed by atoms with Gasteiger partial charge in [-0.15, -0.1) is 0 Å². The molecule has 1 amide bonds. The first-order valence-corrected chi connectivity index (χ1v) is 6.63. The average molecular weight is 290 g/mol. The topological polar surface area (TPSA) is 84.5 Å². The normalized spacial score (nSPS) is 12.1. The van der Waals surface area contributed by atoms with Crippen LogP contribution >= 0.6 is 0 Å². The largest absolute Gasteiger partial charge is 0.480 e. The van der Waals surface area contributed by atoms with Crippen molar-refractivity contribution in [1.82, 2.24) is 9.88 Å². The second kappa shape index (κ2) is 5.87. The number of furan rings is 1. The van der Waals surface area contributed by atoms with E-state index in [1.54, 1.807) is 18.3 Å². The summed E-state index contributed by atoms with van der Waals surface area (Å²) >= 11 is 0. The molecule has 0 aliphatic carbocycles. The minimum Gasteiger partial charge on any atom is -0.480 e. The number of carbonyl (C=O) groups is 2. The van der Waals surface area contributed by atoms with Crippen LogP contribution in [0.1, 0.15) is 40.5 Å². The molecule has 0 radical (unpaired) electrons. The third kappa shape index (κ3) is 3.34. The molecule has 2 N–H and O–H groups in total. The van der Waals surface area contributed by atoms with Gasteiger partial charge in [0.1, 0.15) is 23.8 Å². The zero-order valence-electron chi connectivity index (χ0n) is 12.2. The van der Waals surface area contributed by atoms with Gasteiger partial charge in [0.15, 0.2) is 0 Å². The second-order valence-electron chi connectivity index (χ2n) is 4.98. The fourth-order valence-electron chi connectivity index (χ4n) is 2.33. The highest BCUT2D eigenvalue weighted by Gasteiger charge is 2.18. The molecule has 2 aromatic rings. The second-order valence-corrected chi connectivity index (χ2v) is 4.98. The Balaban J connectivity index is 2.13. The van der Waals surface area contributed by atoms with E-state index in [0.29, 0.717) is 5.69 Å². The minimum atomic E-state index is -0.991. The minimum absolute atomic E-state index is 0.219. The number of carbonyl (C=O) groups excluding carboxylic acids is 1. The molecule has 21 heavy (non-hydrogen) atoms. The van der Waals surface area contributed by atoms with Crippen LogP contribution in [0, 0.1) is 13.8 Å². The molecule has 0 spiro atoms. The van der Waals surface area contributed by atoms with Gasteiger partial charge in [0.05, 0.1) is 6.04 Å². The van der Waals surface area contributed by atoms with E-state index >= 15 is 0 Å². The Kier molecular flexibility index (Phi) is 4.16. The molecule has 2 heterocycles. The number of nitrogens with one attached hydrogen (secondary N) is 1. The first-order valence-electron chi connectivity index (χ1n) is 6.63. The van der Waals surface area contributed by atoms with Gasteiger partial charge in [0.2, 0.25) is 0 Å². The van der Waals surface area contributed by atoms with E-state index in [2.05, 4.69) is 5.32 Å². The van der Waals surface area contributed by atoms with Crippen molar-refractivity contribution in [3.05, 3.63) is 47.2 Å². The van der Waals surface area contributed by atoms with Crippen LogP contribution in [0.4, 0.5) is 0 Å². The van der Waals surface area contributed by atoms with Crippen molar-refractivity contribution in [3.8, 4) is 0 Å². The predicted octanol–water partition coefficient (Wildman–Crippen LogP) is 2.27. The van der Waals surface area contributed by atoms with Crippen molar-refractivity contribution >= 4 is 11.9 Å². The summed E-state index contributed by atoms with van der Waals surface area (Å²) in [7, 11) is 0. The molecule has 112 valence electrons. The van der Waals surface area contributed by atoms with E-state index in [-0.39, 0.29) is 18.5 Å². The molecule has 0 saturated carbocycles. The molecule has 0 aliphatic heterocycles. The highest BCUT2D eigenvalue weighted by Crippen LogP contribution is 2.21. The van der Waals surface area contributed by atoms with Gasteiger partial charge >= 0.3 is 5.97 Å². The van der Waals surface area contributed by atoms with E-state index < -0.39 is 5.97 Å². The van der Waals surface area contributed by atoms with Crippen LogP contribution in [0.5, 0.6) is 0 Å². The number of nitrogens with zero attached hydrogens (tertiary/aromatic N) is 1. The number of hydrogen-bond donors (Lipinski definition) is 2. The highest BCUT2D eigenvalue weighted by molar-refractivity contribution is 5.93. The third-order valence-electron chi connectivity index (χ3n) is 3.26. The molecular formula is C15H18N2O4. The number of aliphatic carboxylic acids is 1. The summed E-state index contributed by atoms with van der Waals surface area (Å²) in [5.74, 6) is 0.251.